The molecule has 1 aromatic carbocycles. The lowest BCUT2D eigenvalue weighted by Gasteiger charge is -2.32. The number of nitrogens with two attached hydrogens (primary N) is 1. The van der Waals surface area contributed by atoms with E-state index in [1.54, 1.807) is 13.1 Å². The number of hydrogen-bond acceptors (Lipinski definition) is 6. The van der Waals surface area contributed by atoms with Crippen LogP contribution >= 0.6 is 0 Å². The molecule has 0 radical (unpaired) electrons. The molecule has 144 valence electrons. The Morgan fingerprint density at radius 3 is 2.71 bits per heavy atom. The lowest BCUT2D eigenvalue weighted by Crippen LogP contribution is -2.42. The molecule has 0 aliphatic carbocycles. The van der Waals surface area contributed by atoms with Gasteiger partial charge in [0.05, 0.1) is 11.3 Å². The normalized spacial score (nSPS) is 14.3. The fourth-order valence-electron chi connectivity index (χ4n) is 3.18. The molecule has 7 nitrogen and oxygen atoms in total. The van der Waals surface area contributed by atoms with Crippen LogP contribution in [-0.2, 0) is 7.05 Å². The molecular formula is C20H20FN5O2. The van der Waals surface area contributed by atoms with E-state index in [-0.39, 0.29) is 28.4 Å². The molecule has 0 unspecified atom stereocenters. The van der Waals surface area contributed by atoms with Gasteiger partial charge in [0.25, 0.3) is 5.56 Å². The van der Waals surface area contributed by atoms with Crippen LogP contribution < -0.4 is 16.2 Å². The summed E-state index contributed by atoms with van der Waals surface area (Å²) in [5.74, 6) is 4.84. The van der Waals surface area contributed by atoms with Crippen LogP contribution in [0, 0.1) is 29.0 Å². The van der Waals surface area contributed by atoms with Crippen molar-refractivity contribution >= 4 is 5.95 Å². The molecule has 3 N–H and O–H groups in total. The van der Waals surface area contributed by atoms with Crippen molar-refractivity contribution in [1.82, 2.24) is 9.55 Å². The number of anilines is 1. The van der Waals surface area contributed by atoms with Gasteiger partial charge in [-0.2, -0.15) is 5.26 Å². The highest BCUT2D eigenvalue weighted by Gasteiger charge is 2.23. The van der Waals surface area contributed by atoms with Gasteiger partial charge in [0.1, 0.15) is 24.1 Å². The third-order valence-corrected chi connectivity index (χ3v) is 4.74. The number of nitrogens with zero attached hydrogens (tertiary/aromatic N) is 4. The Kier molecular flexibility index (Phi) is 5.74. The Labute approximate surface area is 161 Å². The van der Waals surface area contributed by atoms with Gasteiger partial charge in [-0.1, -0.05) is 17.9 Å². The third-order valence-electron chi connectivity index (χ3n) is 4.74. The van der Waals surface area contributed by atoms with E-state index >= 15 is 0 Å². The molecule has 2 heterocycles. The minimum absolute atomic E-state index is 0.0677. The number of benzene rings is 1. The molecular weight excluding hydrogens is 361 g/mol. The van der Waals surface area contributed by atoms with Crippen LogP contribution in [0.3, 0.4) is 0 Å². The zero-order valence-corrected chi connectivity index (χ0v) is 15.4. The number of rotatable bonds is 2. The van der Waals surface area contributed by atoms with Gasteiger partial charge in [0, 0.05) is 31.7 Å². The first-order valence-corrected chi connectivity index (χ1v) is 8.87. The average molecular weight is 381 g/mol. The van der Waals surface area contributed by atoms with Crippen molar-refractivity contribution in [3.05, 3.63) is 45.5 Å². The van der Waals surface area contributed by atoms with E-state index in [1.165, 1.54) is 22.8 Å². The van der Waals surface area contributed by atoms with Crippen molar-refractivity contribution in [2.45, 2.75) is 18.9 Å². The number of aliphatic hydroxyl groups is 1. The first-order chi connectivity index (χ1) is 13.5. The second-order valence-electron chi connectivity index (χ2n) is 6.59. The summed E-state index contributed by atoms with van der Waals surface area (Å²) in [6.07, 6.45) is 1.56. The maximum absolute atomic E-state index is 14.2. The molecule has 1 aromatic heterocycles. The maximum Gasteiger partial charge on any atom is 0.271 e. The van der Waals surface area contributed by atoms with Gasteiger partial charge >= 0.3 is 0 Å². The molecule has 0 saturated carbocycles. The van der Waals surface area contributed by atoms with Gasteiger partial charge in [0.15, 0.2) is 0 Å². The van der Waals surface area contributed by atoms with Crippen molar-refractivity contribution in [2.75, 3.05) is 24.6 Å². The van der Waals surface area contributed by atoms with Crippen molar-refractivity contribution in [3.8, 4) is 29.2 Å². The van der Waals surface area contributed by atoms with Gasteiger partial charge in [-0.05, 0) is 25.0 Å². The van der Waals surface area contributed by atoms with E-state index in [9.17, 15) is 9.18 Å². The molecule has 0 spiro atoms. The summed E-state index contributed by atoms with van der Waals surface area (Å²) in [6, 6.07) is 5.93. The highest BCUT2D eigenvalue weighted by atomic mass is 19.1. The molecule has 1 aliphatic rings. The highest BCUT2D eigenvalue weighted by molar-refractivity contribution is 5.69. The Hall–Kier alpha value is -3.20. The first-order valence-electron chi connectivity index (χ1n) is 8.87. The minimum Gasteiger partial charge on any atom is -0.384 e. The molecule has 1 fully saturated rings. The van der Waals surface area contributed by atoms with E-state index < -0.39 is 12.4 Å². The van der Waals surface area contributed by atoms with Crippen LogP contribution in [0.25, 0.3) is 11.3 Å². The summed E-state index contributed by atoms with van der Waals surface area (Å²) < 4.78 is 15.6. The van der Waals surface area contributed by atoms with E-state index in [0.717, 1.165) is 12.8 Å². The average Bonchev–Trinajstić information content (AvgIpc) is 2.70. The van der Waals surface area contributed by atoms with Crippen molar-refractivity contribution in [1.29, 1.82) is 5.26 Å². The predicted octanol–water partition coefficient (Wildman–Crippen LogP) is 0.729. The molecule has 1 aliphatic heterocycles. The zero-order chi connectivity index (χ0) is 20.3. The second-order valence-corrected chi connectivity index (χ2v) is 6.59. The Bertz CT molecular complexity index is 1050. The van der Waals surface area contributed by atoms with Gasteiger partial charge in [-0.3, -0.25) is 9.36 Å². The molecule has 8 heteroatoms. The Morgan fingerprint density at radius 1 is 1.39 bits per heavy atom. The van der Waals surface area contributed by atoms with E-state index in [2.05, 4.69) is 16.8 Å². The fraction of sp³-hybridized carbons (Fsp3) is 0.350. The number of piperidine rings is 1. The summed E-state index contributed by atoms with van der Waals surface area (Å²) in [7, 11) is 1.60. The SMILES string of the molecule is Cn1c(N2CCC(N)CC2)nc(-c2ccc(C#N)c(F)c2)c(C#CCO)c1=O. The second kappa shape index (κ2) is 8.22. The van der Waals surface area contributed by atoms with Crippen molar-refractivity contribution < 1.29 is 9.50 Å². The molecule has 0 bridgehead atoms. The molecule has 1 saturated heterocycles. The fourth-order valence-corrected chi connectivity index (χ4v) is 3.18. The van der Waals surface area contributed by atoms with Gasteiger partial charge < -0.3 is 15.7 Å². The summed E-state index contributed by atoms with van der Waals surface area (Å²) in [5.41, 5.74) is 6.10. The number of aliphatic hydroxyl groups excluding tert-OH is 1. The quantitative estimate of drug-likeness (QED) is 0.743. The topological polar surface area (TPSA) is 108 Å². The van der Waals surface area contributed by atoms with E-state index in [4.69, 9.17) is 16.1 Å². The smallest absolute Gasteiger partial charge is 0.271 e. The van der Waals surface area contributed by atoms with Crippen LogP contribution in [0.1, 0.15) is 24.0 Å². The van der Waals surface area contributed by atoms with Crippen LogP contribution in [0.2, 0.25) is 0 Å². The van der Waals surface area contributed by atoms with Crippen LogP contribution in [0.15, 0.2) is 23.0 Å². The molecule has 0 atom stereocenters. The van der Waals surface area contributed by atoms with Crippen LogP contribution in [0.4, 0.5) is 10.3 Å². The van der Waals surface area contributed by atoms with E-state index in [0.29, 0.717) is 24.6 Å². The van der Waals surface area contributed by atoms with Crippen LogP contribution in [0.5, 0.6) is 0 Å². The van der Waals surface area contributed by atoms with E-state index in [1.807, 2.05) is 4.90 Å². The lowest BCUT2D eigenvalue weighted by molar-refractivity contribution is 0.350. The third kappa shape index (κ3) is 3.74. The maximum atomic E-state index is 14.2. The van der Waals surface area contributed by atoms with Crippen molar-refractivity contribution in [3.63, 3.8) is 0 Å². The summed E-state index contributed by atoms with van der Waals surface area (Å²) >= 11 is 0. The number of hydrogen-bond donors (Lipinski definition) is 2. The Morgan fingerprint density at radius 2 is 2.11 bits per heavy atom. The zero-order valence-electron chi connectivity index (χ0n) is 15.4. The number of nitriles is 1. The predicted molar refractivity (Wildman–Crippen MR) is 103 cm³/mol. The summed E-state index contributed by atoms with van der Waals surface area (Å²) in [5, 5.41) is 18.0. The van der Waals surface area contributed by atoms with Gasteiger partial charge in [0.2, 0.25) is 5.95 Å². The molecule has 28 heavy (non-hydrogen) atoms. The summed E-state index contributed by atoms with van der Waals surface area (Å²) in [6.45, 7) is 0.894. The highest BCUT2D eigenvalue weighted by Crippen LogP contribution is 2.25. The Balaban J connectivity index is 2.20. The first kappa shape index (κ1) is 19.6. The largest absolute Gasteiger partial charge is 0.384 e. The van der Waals surface area contributed by atoms with Crippen LogP contribution in [-0.4, -0.2) is 40.4 Å². The molecule has 2 aromatic rings. The molecule has 0 amide bonds. The summed E-state index contributed by atoms with van der Waals surface area (Å²) in [4.78, 5) is 19.5. The lowest BCUT2D eigenvalue weighted by atomic mass is 10.0. The standard InChI is InChI=1S/C20H20FN5O2/c1-25-19(28)16(3-2-10-27)18(13-4-5-14(12-22)17(21)11-13)24-20(25)26-8-6-15(23)7-9-26/h4-5,11,15,27H,6-10,23H2,1H3. The van der Waals surface area contributed by atoms with Crippen molar-refractivity contribution in [2.24, 2.45) is 12.8 Å². The minimum atomic E-state index is -0.700. The van der Waals surface area contributed by atoms with Gasteiger partial charge in [-0.25, -0.2) is 9.37 Å². The number of aromatic nitrogens is 2. The monoisotopic (exact) mass is 381 g/mol. The molecule has 3 rings (SSSR count). The van der Waals surface area contributed by atoms with Gasteiger partial charge in [-0.15, -0.1) is 0 Å². The number of halogens is 1.